The molecule has 16 nitrogen and oxygen atoms in total. The van der Waals surface area contributed by atoms with E-state index in [1.54, 1.807) is 0 Å². The number of aliphatic carboxylic acids is 2. The minimum Gasteiger partial charge on any atom is -0.547 e. The van der Waals surface area contributed by atoms with Crippen molar-refractivity contribution in [1.29, 1.82) is 0 Å². The first-order chi connectivity index (χ1) is 13.7. The Morgan fingerprint density at radius 2 is 0.774 bits per heavy atom. The molecule has 182 valence electrons. The van der Waals surface area contributed by atoms with Gasteiger partial charge in [-0.1, -0.05) is 0 Å². The summed E-state index contributed by atoms with van der Waals surface area (Å²) >= 11 is 0. The van der Waals surface area contributed by atoms with Crippen molar-refractivity contribution in [3.05, 3.63) is 0 Å². The first-order valence-corrected chi connectivity index (χ1v) is 8.04. The fourth-order valence-electron chi connectivity index (χ4n) is 1.32. The van der Waals surface area contributed by atoms with E-state index in [0.29, 0.717) is 0 Å². The van der Waals surface area contributed by atoms with Crippen LogP contribution < -0.4 is 10.2 Å². The van der Waals surface area contributed by atoms with Gasteiger partial charge < -0.3 is 81.1 Å². The Morgan fingerprint density at radius 1 is 0.548 bits per heavy atom. The molecule has 8 atom stereocenters. The maximum Gasteiger partial charge on any atom is 2.00 e. The van der Waals surface area contributed by atoms with Gasteiger partial charge in [0.2, 0.25) is 0 Å². The third-order valence-corrected chi connectivity index (χ3v) is 3.09. The number of carboxylic acid groups (broad SMARTS) is 2. The molecule has 8 unspecified atom stereocenters. The molecule has 0 rings (SSSR count). The number of carbonyl (C=O) groups is 2. The molecular weight excluding hydrogens is 490 g/mol. The van der Waals surface area contributed by atoms with E-state index in [9.17, 15) is 19.8 Å². The van der Waals surface area contributed by atoms with Crippen LogP contribution in [0.25, 0.3) is 0 Å². The van der Waals surface area contributed by atoms with Crippen LogP contribution in [0.2, 0.25) is 0 Å². The first-order valence-electron chi connectivity index (χ1n) is 8.04. The fourth-order valence-corrected chi connectivity index (χ4v) is 1.32. The average molecular weight is 518 g/mol. The second-order valence-electron chi connectivity index (χ2n) is 5.44. The fraction of sp³-hybridized carbons (Fsp3) is 0.857. The topological polar surface area (TPSA) is 323 Å². The Bertz CT molecular complexity index is 414. The Hall–Kier alpha value is -0.917. The van der Waals surface area contributed by atoms with Gasteiger partial charge in [0.15, 0.2) is 0 Å². The molecule has 31 heavy (non-hydrogen) atoms. The maximum atomic E-state index is 9.98. The van der Waals surface area contributed by atoms with Gasteiger partial charge in [0.05, 0.1) is 38.4 Å². The summed E-state index contributed by atoms with van der Waals surface area (Å²) in [6.07, 6.45) is -16.2. The smallest absolute Gasteiger partial charge is 0.547 e. The zero-order valence-electron chi connectivity index (χ0n) is 16.2. The van der Waals surface area contributed by atoms with Crippen LogP contribution in [-0.4, -0.2) is 148 Å². The Kier molecular flexibility index (Phi) is 25.3. The van der Waals surface area contributed by atoms with Gasteiger partial charge in [-0.15, -0.1) is 0 Å². The summed E-state index contributed by atoms with van der Waals surface area (Å²) in [7, 11) is 0. The Labute approximate surface area is 188 Å². The van der Waals surface area contributed by atoms with Crippen LogP contribution in [0.15, 0.2) is 0 Å². The van der Waals surface area contributed by atoms with Crippen molar-refractivity contribution in [2.24, 2.45) is 0 Å². The summed E-state index contributed by atoms with van der Waals surface area (Å²) in [5, 5.41) is 122. The van der Waals surface area contributed by atoms with Crippen molar-refractivity contribution >= 4 is 11.9 Å². The molecule has 17 heteroatoms. The van der Waals surface area contributed by atoms with Crippen LogP contribution >= 0.6 is 0 Å². The predicted octanol–water partition coefficient (Wildman–Crippen LogP) is -10.7. The van der Waals surface area contributed by atoms with E-state index in [1.165, 1.54) is 0 Å². The van der Waals surface area contributed by atoms with E-state index >= 15 is 0 Å². The van der Waals surface area contributed by atoms with Crippen molar-refractivity contribution in [2.45, 2.75) is 48.8 Å². The third-order valence-electron chi connectivity index (χ3n) is 3.09. The van der Waals surface area contributed by atoms with Crippen molar-refractivity contribution in [2.75, 3.05) is 26.4 Å². The van der Waals surface area contributed by atoms with Crippen molar-refractivity contribution in [1.82, 2.24) is 0 Å². The molecule has 0 aromatic heterocycles. The van der Waals surface area contributed by atoms with Gasteiger partial charge in [-0.05, 0) is 0 Å². The maximum absolute atomic E-state index is 9.98. The first kappa shape index (κ1) is 37.4. The molecule has 0 radical (unpaired) electrons. The molecule has 0 spiro atoms. The number of aliphatic hydroxyl groups excluding tert-OH is 12. The summed E-state index contributed by atoms with van der Waals surface area (Å²) in [4.78, 5) is 20.0. The van der Waals surface area contributed by atoms with E-state index in [1.807, 2.05) is 0 Å². The largest absolute Gasteiger partial charge is 2.00 e. The van der Waals surface area contributed by atoms with Gasteiger partial charge in [-0.2, -0.15) is 0 Å². The van der Waals surface area contributed by atoms with Crippen LogP contribution in [-0.2, 0) is 29.1 Å². The molecule has 0 aromatic rings. The van der Waals surface area contributed by atoms with Crippen LogP contribution in [0.5, 0.6) is 0 Å². The van der Waals surface area contributed by atoms with Gasteiger partial charge >= 0.3 is 19.5 Å². The van der Waals surface area contributed by atoms with Crippen molar-refractivity contribution in [3.63, 3.8) is 0 Å². The van der Waals surface area contributed by atoms with Gasteiger partial charge in [-0.25, -0.2) is 0 Å². The van der Waals surface area contributed by atoms with Gasteiger partial charge in [-0.3, -0.25) is 0 Å². The number of carbonyl (C=O) groups excluding carboxylic acids is 2. The zero-order chi connectivity index (χ0) is 24.6. The SMILES string of the molecule is O=C([O-])C(O)C(O)C(O)C(O)CO.O=C([O-])C(O)C(O)C(O)C(O)CO.OCCO.[Zn+2]. The van der Waals surface area contributed by atoms with Crippen LogP contribution in [0.1, 0.15) is 0 Å². The number of hydrogen-bond acceptors (Lipinski definition) is 16. The summed E-state index contributed by atoms with van der Waals surface area (Å²) in [6, 6.07) is 0. The van der Waals surface area contributed by atoms with Gasteiger partial charge in [0, 0.05) is 0 Å². The monoisotopic (exact) mass is 516 g/mol. The normalized spacial score (nSPS) is 18.1. The van der Waals surface area contributed by atoms with Crippen LogP contribution in [0.4, 0.5) is 0 Å². The zero-order valence-corrected chi connectivity index (χ0v) is 19.1. The molecule has 0 aliphatic carbocycles. The van der Waals surface area contributed by atoms with E-state index in [0.717, 1.165) is 0 Å². The van der Waals surface area contributed by atoms with Crippen molar-refractivity contribution < 1.29 is 101 Å². The van der Waals surface area contributed by atoms with E-state index in [-0.39, 0.29) is 32.7 Å². The molecular formula is C14H28O16Zn. The summed E-state index contributed by atoms with van der Waals surface area (Å²) in [5.74, 6) is -3.95. The molecule has 0 saturated heterocycles. The van der Waals surface area contributed by atoms with Gasteiger partial charge in [0.1, 0.15) is 48.8 Å². The third kappa shape index (κ3) is 16.4. The standard InChI is InChI=1S/2C6H12O7.C2H6O2.Zn/c2*7-1-2(8)3(9)4(10)5(11)6(12)13;3-1-2-4;/h2*2-5,7-11H,1H2,(H,12,13);3-4H,1-2H2;/q;;;+2/p-2. The molecule has 0 aromatic carbocycles. The predicted molar refractivity (Wildman–Crippen MR) is 86.4 cm³/mol. The number of carboxylic acids is 2. The molecule has 12 N–H and O–H groups in total. The van der Waals surface area contributed by atoms with Crippen molar-refractivity contribution in [3.8, 4) is 0 Å². The summed E-state index contributed by atoms with van der Waals surface area (Å²) in [6.45, 7) is -1.98. The molecule has 0 fully saturated rings. The van der Waals surface area contributed by atoms with E-state index < -0.39 is 74.0 Å². The number of aliphatic hydroxyl groups is 12. The minimum atomic E-state index is -2.31. The quantitative estimate of drug-likeness (QED) is 0.113. The Morgan fingerprint density at radius 3 is 0.903 bits per heavy atom. The molecule has 0 saturated carbocycles. The summed E-state index contributed by atoms with van der Waals surface area (Å²) in [5.41, 5.74) is 0. The van der Waals surface area contributed by atoms with Crippen LogP contribution in [0.3, 0.4) is 0 Å². The average Bonchev–Trinajstić information content (AvgIpc) is 2.74. The second kappa shape index (κ2) is 21.0. The second-order valence-corrected chi connectivity index (χ2v) is 5.44. The minimum absolute atomic E-state index is 0. The van der Waals surface area contributed by atoms with Gasteiger partial charge in [0.25, 0.3) is 0 Å². The number of hydrogen-bond donors (Lipinski definition) is 12. The molecule has 0 aliphatic rings. The molecule has 0 bridgehead atoms. The molecule has 0 aliphatic heterocycles. The molecule has 0 amide bonds. The number of rotatable bonds is 11. The molecule has 0 heterocycles. The van der Waals surface area contributed by atoms with Crippen LogP contribution in [0, 0.1) is 0 Å². The Balaban J connectivity index is -0.000000195. The van der Waals surface area contributed by atoms with E-state index in [2.05, 4.69) is 0 Å². The van der Waals surface area contributed by atoms with E-state index in [4.69, 9.17) is 61.3 Å². The summed E-state index contributed by atoms with van der Waals surface area (Å²) < 4.78 is 0.